The van der Waals surface area contributed by atoms with Gasteiger partial charge in [-0.15, -0.1) is 0 Å². The van der Waals surface area contributed by atoms with Crippen molar-refractivity contribution in [2.75, 3.05) is 20.2 Å². The summed E-state index contributed by atoms with van der Waals surface area (Å²) < 4.78 is 33.1. The van der Waals surface area contributed by atoms with Crippen LogP contribution in [0.15, 0.2) is 17.0 Å². The SMILES string of the molecule is COc1cc(C)c(C(C)C)cc1S(=O)(=O)N1CCC[C@H](C)C1. The zero-order chi connectivity index (χ0) is 16.5. The number of hydrogen-bond donors (Lipinski definition) is 0. The van der Waals surface area contributed by atoms with Gasteiger partial charge in [-0.25, -0.2) is 8.42 Å². The molecule has 1 fully saturated rings. The van der Waals surface area contributed by atoms with Crippen molar-refractivity contribution in [3.8, 4) is 5.75 Å². The van der Waals surface area contributed by atoms with E-state index in [0.717, 1.165) is 24.0 Å². The Balaban J connectivity index is 2.51. The Morgan fingerprint density at radius 1 is 1.32 bits per heavy atom. The molecular formula is C17H27NO3S. The van der Waals surface area contributed by atoms with E-state index in [1.54, 1.807) is 10.4 Å². The molecule has 0 aliphatic carbocycles. The van der Waals surface area contributed by atoms with Gasteiger partial charge in [-0.2, -0.15) is 4.31 Å². The van der Waals surface area contributed by atoms with Crippen LogP contribution in [-0.2, 0) is 10.0 Å². The summed E-state index contributed by atoms with van der Waals surface area (Å²) in [6.45, 7) is 9.45. The van der Waals surface area contributed by atoms with Crippen LogP contribution < -0.4 is 4.74 Å². The molecule has 1 aliphatic rings. The lowest BCUT2D eigenvalue weighted by Gasteiger charge is -2.30. The topological polar surface area (TPSA) is 46.6 Å². The molecule has 1 aliphatic heterocycles. The molecule has 0 amide bonds. The van der Waals surface area contributed by atoms with Crippen molar-refractivity contribution in [3.05, 3.63) is 23.3 Å². The third-order valence-electron chi connectivity index (χ3n) is 4.41. The average molecular weight is 325 g/mol. The summed E-state index contributed by atoms with van der Waals surface area (Å²) in [5.74, 6) is 1.13. The maximum Gasteiger partial charge on any atom is 0.246 e. The Hall–Kier alpha value is -1.07. The van der Waals surface area contributed by atoms with Gasteiger partial charge in [-0.05, 0) is 54.9 Å². The smallest absolute Gasteiger partial charge is 0.246 e. The van der Waals surface area contributed by atoms with Crippen molar-refractivity contribution in [2.24, 2.45) is 5.92 Å². The molecule has 1 atom stereocenters. The number of nitrogens with zero attached hydrogens (tertiary/aromatic N) is 1. The van der Waals surface area contributed by atoms with E-state index in [1.165, 1.54) is 7.11 Å². The number of benzene rings is 1. The first-order valence-electron chi connectivity index (χ1n) is 7.96. The van der Waals surface area contributed by atoms with Crippen molar-refractivity contribution in [2.45, 2.75) is 51.3 Å². The number of rotatable bonds is 4. The molecular weight excluding hydrogens is 298 g/mol. The van der Waals surface area contributed by atoms with Crippen LogP contribution in [0.2, 0.25) is 0 Å². The van der Waals surface area contributed by atoms with Crippen LogP contribution in [-0.4, -0.2) is 32.9 Å². The molecule has 0 unspecified atom stereocenters. The van der Waals surface area contributed by atoms with Crippen LogP contribution >= 0.6 is 0 Å². The van der Waals surface area contributed by atoms with Gasteiger partial charge < -0.3 is 4.74 Å². The fourth-order valence-electron chi connectivity index (χ4n) is 3.16. The van der Waals surface area contributed by atoms with Crippen LogP contribution in [0.25, 0.3) is 0 Å². The Morgan fingerprint density at radius 2 is 2.00 bits per heavy atom. The van der Waals surface area contributed by atoms with Crippen LogP contribution in [0.3, 0.4) is 0 Å². The largest absolute Gasteiger partial charge is 0.495 e. The quantitative estimate of drug-likeness (QED) is 0.850. The molecule has 4 nitrogen and oxygen atoms in total. The fraction of sp³-hybridized carbons (Fsp3) is 0.647. The van der Waals surface area contributed by atoms with Gasteiger partial charge in [-0.1, -0.05) is 20.8 Å². The Morgan fingerprint density at radius 3 is 2.55 bits per heavy atom. The van der Waals surface area contributed by atoms with E-state index in [9.17, 15) is 8.42 Å². The van der Waals surface area contributed by atoms with Crippen LogP contribution in [0, 0.1) is 12.8 Å². The number of piperidine rings is 1. The second kappa shape index (κ2) is 6.59. The highest BCUT2D eigenvalue weighted by Gasteiger charge is 2.31. The third kappa shape index (κ3) is 3.30. The maximum atomic E-state index is 13.0. The van der Waals surface area contributed by atoms with Gasteiger partial charge in [0, 0.05) is 13.1 Å². The van der Waals surface area contributed by atoms with Gasteiger partial charge in [0.05, 0.1) is 7.11 Å². The normalized spacial score (nSPS) is 20.4. The lowest BCUT2D eigenvalue weighted by molar-refractivity contribution is 0.280. The van der Waals surface area contributed by atoms with Gasteiger partial charge in [0.1, 0.15) is 10.6 Å². The summed E-state index contributed by atoms with van der Waals surface area (Å²) in [4.78, 5) is 0.304. The molecule has 0 N–H and O–H groups in total. The number of hydrogen-bond acceptors (Lipinski definition) is 3. The predicted octanol–water partition coefficient (Wildman–Crippen LogP) is 3.55. The molecule has 0 radical (unpaired) electrons. The minimum absolute atomic E-state index is 0.278. The summed E-state index contributed by atoms with van der Waals surface area (Å²) in [6.07, 6.45) is 2.01. The van der Waals surface area contributed by atoms with Crippen molar-refractivity contribution < 1.29 is 13.2 Å². The molecule has 0 spiro atoms. The van der Waals surface area contributed by atoms with E-state index in [0.29, 0.717) is 29.7 Å². The van der Waals surface area contributed by atoms with Crippen molar-refractivity contribution in [1.82, 2.24) is 4.31 Å². The molecule has 124 valence electrons. The molecule has 0 bridgehead atoms. The molecule has 1 aromatic carbocycles. The van der Waals surface area contributed by atoms with Crippen LogP contribution in [0.5, 0.6) is 5.75 Å². The predicted molar refractivity (Wildman–Crippen MR) is 89.0 cm³/mol. The molecule has 22 heavy (non-hydrogen) atoms. The number of ether oxygens (including phenoxy) is 1. The Bertz CT molecular complexity index is 638. The molecule has 0 saturated carbocycles. The zero-order valence-corrected chi connectivity index (χ0v) is 15.0. The van der Waals surface area contributed by atoms with Gasteiger partial charge in [0.2, 0.25) is 10.0 Å². The molecule has 1 heterocycles. The van der Waals surface area contributed by atoms with E-state index < -0.39 is 10.0 Å². The van der Waals surface area contributed by atoms with Gasteiger partial charge in [-0.3, -0.25) is 0 Å². The van der Waals surface area contributed by atoms with E-state index in [1.807, 2.05) is 13.0 Å². The second-order valence-corrected chi connectivity index (χ2v) is 8.53. The molecule has 5 heteroatoms. The molecule has 1 saturated heterocycles. The van der Waals surface area contributed by atoms with Crippen LogP contribution in [0.1, 0.15) is 50.7 Å². The highest BCUT2D eigenvalue weighted by Crippen LogP contribution is 2.34. The number of sulfonamides is 1. The van der Waals surface area contributed by atoms with E-state index in [2.05, 4.69) is 20.8 Å². The Kier molecular flexibility index (Phi) is 5.17. The van der Waals surface area contributed by atoms with Gasteiger partial charge in [0.25, 0.3) is 0 Å². The van der Waals surface area contributed by atoms with E-state index in [4.69, 9.17) is 4.74 Å². The summed E-state index contributed by atoms with van der Waals surface area (Å²) in [5, 5.41) is 0. The lowest BCUT2D eigenvalue weighted by Crippen LogP contribution is -2.39. The summed E-state index contributed by atoms with van der Waals surface area (Å²) in [7, 11) is -1.97. The van der Waals surface area contributed by atoms with Crippen LogP contribution in [0.4, 0.5) is 0 Å². The monoisotopic (exact) mass is 325 g/mol. The third-order valence-corrected chi connectivity index (χ3v) is 6.30. The number of methoxy groups -OCH3 is 1. The van der Waals surface area contributed by atoms with Crippen molar-refractivity contribution >= 4 is 10.0 Å². The van der Waals surface area contributed by atoms with Gasteiger partial charge in [0.15, 0.2) is 0 Å². The maximum absolute atomic E-state index is 13.0. The minimum atomic E-state index is -3.50. The van der Waals surface area contributed by atoms with E-state index in [-0.39, 0.29) is 5.92 Å². The Labute approximate surface area is 134 Å². The summed E-state index contributed by atoms with van der Waals surface area (Å²) in [5.41, 5.74) is 2.13. The fourth-order valence-corrected chi connectivity index (χ4v) is 4.93. The van der Waals surface area contributed by atoms with Crippen molar-refractivity contribution in [3.63, 3.8) is 0 Å². The molecule has 0 aromatic heterocycles. The molecule has 1 aromatic rings. The van der Waals surface area contributed by atoms with E-state index >= 15 is 0 Å². The zero-order valence-electron chi connectivity index (χ0n) is 14.2. The first-order chi connectivity index (χ1) is 10.3. The first kappa shape index (κ1) is 17.3. The molecule has 2 rings (SSSR count). The highest BCUT2D eigenvalue weighted by atomic mass is 32.2. The summed E-state index contributed by atoms with van der Waals surface area (Å²) in [6, 6.07) is 3.64. The van der Waals surface area contributed by atoms with Gasteiger partial charge >= 0.3 is 0 Å². The number of aryl methyl sites for hydroxylation is 1. The highest BCUT2D eigenvalue weighted by molar-refractivity contribution is 7.89. The first-order valence-corrected chi connectivity index (χ1v) is 9.40. The second-order valence-electron chi connectivity index (χ2n) is 6.62. The summed E-state index contributed by atoms with van der Waals surface area (Å²) >= 11 is 0. The minimum Gasteiger partial charge on any atom is -0.495 e. The average Bonchev–Trinajstić information content (AvgIpc) is 2.46. The lowest BCUT2D eigenvalue weighted by atomic mass is 9.98. The standard InChI is InChI=1S/C17H27NO3S/c1-12(2)15-10-17(16(21-5)9-14(15)4)22(19,20)18-8-6-7-13(3)11-18/h9-10,12-13H,6-8,11H2,1-5H3/t13-/m0/s1. The van der Waals surface area contributed by atoms with Crippen molar-refractivity contribution in [1.29, 1.82) is 0 Å².